The molecule has 0 aliphatic carbocycles. The summed E-state index contributed by atoms with van der Waals surface area (Å²) in [5, 5.41) is 0.788. The SMILES string of the molecule is CC/C=C\C[C@@H](CCC)C(C)C(C)SC. The molecule has 0 fully saturated rings. The summed E-state index contributed by atoms with van der Waals surface area (Å²) < 4.78 is 0. The van der Waals surface area contributed by atoms with Gasteiger partial charge in [-0.15, -0.1) is 0 Å². The van der Waals surface area contributed by atoms with Crippen molar-refractivity contribution in [1.82, 2.24) is 0 Å². The maximum Gasteiger partial charge on any atom is 0.00443 e. The van der Waals surface area contributed by atoms with Crippen LogP contribution in [-0.2, 0) is 0 Å². The second kappa shape index (κ2) is 9.33. The average Bonchev–Trinajstić information content (AvgIpc) is 2.26. The van der Waals surface area contributed by atoms with E-state index in [1.807, 2.05) is 11.8 Å². The van der Waals surface area contributed by atoms with Gasteiger partial charge < -0.3 is 0 Å². The summed E-state index contributed by atoms with van der Waals surface area (Å²) in [6, 6.07) is 0. The first-order valence-electron chi connectivity index (χ1n) is 6.35. The molecule has 2 unspecified atom stereocenters. The van der Waals surface area contributed by atoms with Gasteiger partial charge in [-0.3, -0.25) is 0 Å². The predicted molar refractivity (Wildman–Crippen MR) is 74.6 cm³/mol. The fourth-order valence-corrected chi connectivity index (χ4v) is 2.65. The monoisotopic (exact) mass is 228 g/mol. The molecule has 0 heterocycles. The molecule has 1 heteroatoms. The van der Waals surface area contributed by atoms with Crippen molar-refractivity contribution < 1.29 is 0 Å². The van der Waals surface area contributed by atoms with E-state index in [2.05, 4.69) is 46.1 Å². The van der Waals surface area contributed by atoms with Gasteiger partial charge in [-0.25, -0.2) is 0 Å². The standard InChI is InChI=1S/C14H28S/c1-6-8-9-11-14(10-7-2)12(3)13(4)15-5/h8-9,12-14H,6-7,10-11H2,1-5H3/b9-8-/t12?,13?,14-/m1/s1. The Morgan fingerprint density at radius 2 is 1.80 bits per heavy atom. The zero-order valence-electron chi connectivity index (χ0n) is 11.1. The first kappa shape index (κ1) is 15.1. The quantitative estimate of drug-likeness (QED) is 0.518. The Balaban J connectivity index is 4.17. The molecule has 0 spiro atoms. The molecule has 0 aliphatic rings. The van der Waals surface area contributed by atoms with Crippen LogP contribution in [0, 0.1) is 11.8 Å². The number of hydrogen-bond donors (Lipinski definition) is 0. The van der Waals surface area contributed by atoms with Crippen LogP contribution in [0.2, 0.25) is 0 Å². The highest BCUT2D eigenvalue weighted by molar-refractivity contribution is 7.99. The minimum Gasteiger partial charge on any atom is -0.162 e. The Morgan fingerprint density at radius 3 is 2.27 bits per heavy atom. The number of hydrogen-bond acceptors (Lipinski definition) is 1. The predicted octanol–water partition coefficient (Wildman–Crippen LogP) is 5.15. The van der Waals surface area contributed by atoms with Gasteiger partial charge in [0.05, 0.1) is 0 Å². The summed E-state index contributed by atoms with van der Waals surface area (Å²) in [5.41, 5.74) is 0. The van der Waals surface area contributed by atoms with Gasteiger partial charge in [0.2, 0.25) is 0 Å². The van der Waals surface area contributed by atoms with Crippen molar-refractivity contribution in [2.24, 2.45) is 11.8 Å². The molecule has 0 nitrogen and oxygen atoms in total. The van der Waals surface area contributed by atoms with Crippen LogP contribution < -0.4 is 0 Å². The van der Waals surface area contributed by atoms with Crippen LogP contribution in [0.1, 0.15) is 53.4 Å². The highest BCUT2D eigenvalue weighted by Crippen LogP contribution is 2.29. The highest BCUT2D eigenvalue weighted by Gasteiger charge is 2.20. The molecule has 0 aromatic heterocycles. The van der Waals surface area contributed by atoms with Gasteiger partial charge in [0.1, 0.15) is 0 Å². The summed E-state index contributed by atoms with van der Waals surface area (Å²) in [6.07, 6.45) is 12.0. The summed E-state index contributed by atoms with van der Waals surface area (Å²) in [5.74, 6) is 1.71. The minimum atomic E-state index is 0.788. The van der Waals surface area contributed by atoms with E-state index in [9.17, 15) is 0 Å². The van der Waals surface area contributed by atoms with Crippen LogP contribution >= 0.6 is 11.8 Å². The van der Waals surface area contributed by atoms with Gasteiger partial charge in [-0.1, -0.05) is 52.7 Å². The van der Waals surface area contributed by atoms with Crippen molar-refractivity contribution in [3.05, 3.63) is 12.2 Å². The van der Waals surface area contributed by atoms with Gasteiger partial charge in [-0.2, -0.15) is 11.8 Å². The lowest BCUT2D eigenvalue weighted by molar-refractivity contribution is 0.334. The maximum atomic E-state index is 2.42. The molecule has 15 heavy (non-hydrogen) atoms. The molecular formula is C14H28S. The van der Waals surface area contributed by atoms with E-state index in [0.717, 1.165) is 17.1 Å². The molecule has 0 N–H and O–H groups in total. The Morgan fingerprint density at radius 1 is 1.13 bits per heavy atom. The first-order chi connectivity index (χ1) is 7.17. The Labute approximate surface area is 101 Å². The second-order valence-corrected chi connectivity index (χ2v) is 5.68. The van der Waals surface area contributed by atoms with E-state index in [4.69, 9.17) is 0 Å². The summed E-state index contributed by atoms with van der Waals surface area (Å²) >= 11 is 2.00. The topological polar surface area (TPSA) is 0 Å². The van der Waals surface area contributed by atoms with E-state index >= 15 is 0 Å². The normalized spacial score (nSPS) is 17.9. The lowest BCUT2D eigenvalue weighted by atomic mass is 9.85. The number of rotatable bonds is 8. The summed E-state index contributed by atoms with van der Waals surface area (Å²) in [7, 11) is 0. The third kappa shape index (κ3) is 6.29. The van der Waals surface area contributed by atoms with Crippen molar-refractivity contribution in [2.75, 3.05) is 6.26 Å². The van der Waals surface area contributed by atoms with E-state index in [1.165, 1.54) is 25.7 Å². The number of allylic oxidation sites excluding steroid dienone is 2. The fraction of sp³-hybridized carbons (Fsp3) is 0.857. The largest absolute Gasteiger partial charge is 0.162 e. The maximum absolute atomic E-state index is 2.42. The van der Waals surface area contributed by atoms with E-state index in [-0.39, 0.29) is 0 Å². The van der Waals surface area contributed by atoms with Crippen LogP contribution in [0.25, 0.3) is 0 Å². The Hall–Kier alpha value is 0.0900. The molecular weight excluding hydrogens is 200 g/mol. The van der Waals surface area contributed by atoms with Crippen LogP contribution in [0.15, 0.2) is 12.2 Å². The van der Waals surface area contributed by atoms with E-state index < -0.39 is 0 Å². The molecule has 0 aromatic carbocycles. The van der Waals surface area contributed by atoms with Crippen molar-refractivity contribution in [1.29, 1.82) is 0 Å². The van der Waals surface area contributed by atoms with Crippen LogP contribution in [0.4, 0.5) is 0 Å². The van der Waals surface area contributed by atoms with Gasteiger partial charge in [0.25, 0.3) is 0 Å². The summed E-state index contributed by atoms with van der Waals surface area (Å²) in [6.45, 7) is 9.29. The van der Waals surface area contributed by atoms with Gasteiger partial charge in [-0.05, 0) is 30.9 Å². The molecule has 90 valence electrons. The van der Waals surface area contributed by atoms with E-state index in [1.54, 1.807) is 0 Å². The smallest absolute Gasteiger partial charge is 0.00443 e. The van der Waals surface area contributed by atoms with Crippen molar-refractivity contribution in [3.8, 4) is 0 Å². The lowest BCUT2D eigenvalue weighted by Crippen LogP contribution is -2.20. The molecule has 0 aromatic rings. The van der Waals surface area contributed by atoms with E-state index in [0.29, 0.717) is 0 Å². The first-order valence-corrected chi connectivity index (χ1v) is 7.63. The van der Waals surface area contributed by atoms with Gasteiger partial charge >= 0.3 is 0 Å². The third-order valence-corrected chi connectivity index (χ3v) is 4.53. The molecule has 0 bridgehead atoms. The van der Waals surface area contributed by atoms with Crippen molar-refractivity contribution in [3.63, 3.8) is 0 Å². The highest BCUT2D eigenvalue weighted by atomic mass is 32.2. The molecule has 0 aliphatic heterocycles. The molecule has 0 saturated heterocycles. The molecule has 0 saturated carbocycles. The zero-order valence-corrected chi connectivity index (χ0v) is 11.9. The molecule has 0 radical (unpaired) electrons. The molecule has 3 atom stereocenters. The Kier molecular flexibility index (Phi) is 9.38. The van der Waals surface area contributed by atoms with Crippen molar-refractivity contribution in [2.45, 2.75) is 58.6 Å². The number of thioether (sulfide) groups is 1. The third-order valence-electron chi connectivity index (χ3n) is 3.36. The van der Waals surface area contributed by atoms with Crippen LogP contribution in [-0.4, -0.2) is 11.5 Å². The van der Waals surface area contributed by atoms with Crippen LogP contribution in [0.3, 0.4) is 0 Å². The second-order valence-electron chi connectivity index (χ2n) is 4.46. The Bertz CT molecular complexity index is 163. The van der Waals surface area contributed by atoms with Crippen LogP contribution in [0.5, 0.6) is 0 Å². The molecule has 0 amide bonds. The lowest BCUT2D eigenvalue weighted by Gasteiger charge is -2.27. The summed E-state index contributed by atoms with van der Waals surface area (Å²) in [4.78, 5) is 0. The van der Waals surface area contributed by atoms with Gasteiger partial charge in [0.15, 0.2) is 0 Å². The van der Waals surface area contributed by atoms with Crippen molar-refractivity contribution >= 4 is 11.8 Å². The average molecular weight is 228 g/mol. The fourth-order valence-electron chi connectivity index (χ4n) is 2.00. The minimum absolute atomic E-state index is 0.788. The molecule has 0 rings (SSSR count). The van der Waals surface area contributed by atoms with Gasteiger partial charge in [0, 0.05) is 5.25 Å². The zero-order chi connectivity index (χ0) is 11.7.